The highest BCUT2D eigenvalue weighted by atomic mass is 16.5. The molecule has 1 amide bonds. The largest absolute Gasteiger partial charge is 0.464 e. The number of hydrogen-bond acceptors (Lipinski definition) is 7. The van der Waals surface area contributed by atoms with Crippen molar-refractivity contribution >= 4 is 11.9 Å². The number of para-hydroxylation sites is 1. The summed E-state index contributed by atoms with van der Waals surface area (Å²) in [5.74, 6) is 0.731. The van der Waals surface area contributed by atoms with E-state index in [1.54, 1.807) is 18.5 Å². The molecule has 2 atom stereocenters. The topological polar surface area (TPSA) is 103 Å². The maximum Gasteiger partial charge on any atom is 0.360 e. The quantitative estimate of drug-likeness (QED) is 0.566. The zero-order valence-corrected chi connectivity index (χ0v) is 18.1. The fourth-order valence-corrected chi connectivity index (χ4v) is 4.30. The first kappa shape index (κ1) is 20.4. The van der Waals surface area contributed by atoms with Gasteiger partial charge in [-0.3, -0.25) is 4.79 Å². The van der Waals surface area contributed by atoms with E-state index < -0.39 is 5.97 Å². The van der Waals surface area contributed by atoms with Crippen molar-refractivity contribution in [2.24, 2.45) is 0 Å². The van der Waals surface area contributed by atoms with Crippen LogP contribution in [0.4, 0.5) is 0 Å². The van der Waals surface area contributed by atoms with Gasteiger partial charge in [-0.15, -0.1) is 0 Å². The zero-order chi connectivity index (χ0) is 22.2. The van der Waals surface area contributed by atoms with Crippen LogP contribution >= 0.6 is 0 Å². The Hall–Kier alpha value is -3.49. The molecule has 3 aromatic rings. The number of hydrogen-bond donors (Lipinski definition) is 0. The maximum atomic E-state index is 13.6. The van der Waals surface area contributed by atoms with Gasteiger partial charge in [-0.25, -0.2) is 9.78 Å². The molecule has 1 aliphatic carbocycles. The summed E-state index contributed by atoms with van der Waals surface area (Å²) in [6.07, 6.45) is 6.79. The summed E-state index contributed by atoms with van der Waals surface area (Å²) in [7, 11) is 1.35. The number of amides is 1. The monoisotopic (exact) mass is 435 g/mol. The molecular formula is C23H25N5O4. The molecule has 5 rings (SSSR count). The van der Waals surface area contributed by atoms with E-state index >= 15 is 0 Å². The van der Waals surface area contributed by atoms with Gasteiger partial charge in [0.1, 0.15) is 5.76 Å². The molecule has 0 spiro atoms. The zero-order valence-electron chi connectivity index (χ0n) is 18.1. The van der Waals surface area contributed by atoms with Crippen LogP contribution in [0.3, 0.4) is 0 Å². The maximum absolute atomic E-state index is 13.6. The van der Waals surface area contributed by atoms with E-state index in [0.29, 0.717) is 29.4 Å². The van der Waals surface area contributed by atoms with Crippen LogP contribution in [0.5, 0.6) is 0 Å². The van der Waals surface area contributed by atoms with Gasteiger partial charge in [0.2, 0.25) is 0 Å². The molecule has 0 bridgehead atoms. The molecule has 3 heterocycles. The number of ether oxygens (including phenoxy) is 1. The Bertz CT molecular complexity index is 1140. The third kappa shape index (κ3) is 3.68. The first-order valence-electron chi connectivity index (χ1n) is 10.9. The lowest BCUT2D eigenvalue weighted by Gasteiger charge is -2.37. The summed E-state index contributed by atoms with van der Waals surface area (Å²) >= 11 is 0. The Kier molecular flexibility index (Phi) is 5.24. The van der Waals surface area contributed by atoms with E-state index in [1.807, 2.05) is 30.0 Å². The van der Waals surface area contributed by atoms with Gasteiger partial charge in [-0.2, -0.15) is 15.0 Å². The summed E-state index contributed by atoms with van der Waals surface area (Å²) in [4.78, 5) is 33.6. The van der Waals surface area contributed by atoms with Crippen LogP contribution in [0.2, 0.25) is 0 Å². The van der Waals surface area contributed by atoms with Crippen LogP contribution in [-0.4, -0.2) is 56.5 Å². The summed E-state index contributed by atoms with van der Waals surface area (Å²) in [5.41, 5.74) is 1.45. The van der Waals surface area contributed by atoms with Crippen molar-refractivity contribution in [3.05, 3.63) is 59.6 Å². The van der Waals surface area contributed by atoms with Crippen LogP contribution in [0.15, 0.2) is 41.1 Å². The van der Waals surface area contributed by atoms with Gasteiger partial charge in [0.15, 0.2) is 11.6 Å². The van der Waals surface area contributed by atoms with E-state index in [4.69, 9.17) is 9.15 Å². The van der Waals surface area contributed by atoms with Gasteiger partial charge in [0, 0.05) is 18.5 Å². The molecule has 1 aliphatic heterocycles. The number of carbonyl (C=O) groups is 2. The van der Waals surface area contributed by atoms with Crippen molar-refractivity contribution in [2.75, 3.05) is 13.7 Å². The molecule has 2 aliphatic rings. The summed E-state index contributed by atoms with van der Waals surface area (Å²) in [6.45, 7) is 2.51. The first-order valence-corrected chi connectivity index (χ1v) is 10.9. The molecule has 166 valence electrons. The molecule has 2 aromatic heterocycles. The number of carbonyl (C=O) groups excluding carboxylic acids is 2. The highest BCUT2D eigenvalue weighted by Gasteiger charge is 2.38. The fraction of sp³-hybridized carbons (Fsp3) is 0.435. The van der Waals surface area contributed by atoms with Gasteiger partial charge in [0.05, 0.1) is 36.7 Å². The number of benzene rings is 1. The number of piperidine rings is 1. The molecule has 32 heavy (non-hydrogen) atoms. The van der Waals surface area contributed by atoms with Gasteiger partial charge >= 0.3 is 5.97 Å². The van der Waals surface area contributed by atoms with Gasteiger partial charge in [0.25, 0.3) is 5.91 Å². The Morgan fingerprint density at radius 2 is 1.78 bits per heavy atom. The number of rotatable bonds is 5. The molecule has 1 unspecified atom stereocenters. The Morgan fingerprint density at radius 3 is 2.50 bits per heavy atom. The van der Waals surface area contributed by atoms with E-state index in [2.05, 4.69) is 15.2 Å². The van der Waals surface area contributed by atoms with Crippen molar-refractivity contribution in [1.29, 1.82) is 0 Å². The number of esters is 1. The second kappa shape index (κ2) is 8.22. The first-order chi connectivity index (χ1) is 15.6. The number of methoxy groups -OCH3 is 1. The molecular weight excluding hydrogens is 410 g/mol. The second-order valence-electron chi connectivity index (χ2n) is 8.45. The van der Waals surface area contributed by atoms with Crippen LogP contribution < -0.4 is 0 Å². The number of nitrogens with zero attached hydrogens (tertiary/aromatic N) is 5. The normalized spacial score (nSPS) is 20.9. The van der Waals surface area contributed by atoms with Crippen molar-refractivity contribution < 1.29 is 18.7 Å². The summed E-state index contributed by atoms with van der Waals surface area (Å²) < 4.78 is 11.0. The minimum Gasteiger partial charge on any atom is -0.464 e. The third-order valence-corrected chi connectivity index (χ3v) is 6.26. The second-order valence-corrected chi connectivity index (χ2v) is 8.45. The van der Waals surface area contributed by atoms with Crippen LogP contribution in [0, 0.1) is 0 Å². The number of aromatic nitrogens is 4. The lowest BCUT2D eigenvalue weighted by Crippen LogP contribution is -2.45. The third-order valence-electron chi connectivity index (χ3n) is 6.26. The van der Waals surface area contributed by atoms with Gasteiger partial charge in [-0.1, -0.05) is 12.1 Å². The van der Waals surface area contributed by atoms with E-state index in [9.17, 15) is 9.59 Å². The van der Waals surface area contributed by atoms with Crippen LogP contribution in [0.1, 0.15) is 76.9 Å². The van der Waals surface area contributed by atoms with Crippen molar-refractivity contribution in [3.63, 3.8) is 0 Å². The molecule has 9 heteroatoms. The molecule has 1 saturated carbocycles. The van der Waals surface area contributed by atoms with Crippen molar-refractivity contribution in [3.8, 4) is 5.69 Å². The number of oxazole rings is 1. The van der Waals surface area contributed by atoms with Crippen molar-refractivity contribution in [1.82, 2.24) is 24.9 Å². The highest BCUT2D eigenvalue weighted by Crippen LogP contribution is 2.43. The lowest BCUT2D eigenvalue weighted by molar-refractivity contribution is 0.0582. The van der Waals surface area contributed by atoms with E-state index in [1.165, 1.54) is 11.9 Å². The smallest absolute Gasteiger partial charge is 0.360 e. The molecule has 9 nitrogen and oxygen atoms in total. The Labute approximate surface area is 185 Å². The fourth-order valence-electron chi connectivity index (χ4n) is 4.30. The minimum atomic E-state index is -0.473. The summed E-state index contributed by atoms with van der Waals surface area (Å²) in [6, 6.07) is 7.39. The van der Waals surface area contributed by atoms with Crippen LogP contribution in [0.25, 0.3) is 5.69 Å². The standard InChI is InChI=1S/C23H25N5O4/c1-14-7-8-16(21-26-19(23(30)31-2)20(32-21)15-9-10-15)13-27(14)22(29)17-5-3-4-6-18(17)28-24-11-12-25-28/h3-6,11-12,14-16H,7-10,13H2,1-2H3/t14-,16?/m1/s1. The number of likely N-dealkylation sites (tertiary alicyclic amines) is 1. The van der Waals surface area contributed by atoms with Crippen molar-refractivity contribution in [2.45, 2.75) is 50.5 Å². The average molecular weight is 435 g/mol. The molecule has 1 aromatic carbocycles. The van der Waals surface area contributed by atoms with Gasteiger partial charge < -0.3 is 14.1 Å². The minimum absolute atomic E-state index is 0.0651. The molecule has 0 radical (unpaired) electrons. The summed E-state index contributed by atoms with van der Waals surface area (Å²) in [5, 5.41) is 8.36. The predicted octanol–water partition coefficient (Wildman–Crippen LogP) is 3.33. The molecule has 2 fully saturated rings. The van der Waals surface area contributed by atoms with Gasteiger partial charge in [-0.05, 0) is 44.7 Å². The van der Waals surface area contributed by atoms with E-state index in [0.717, 1.165) is 25.7 Å². The predicted molar refractivity (Wildman–Crippen MR) is 114 cm³/mol. The highest BCUT2D eigenvalue weighted by molar-refractivity contribution is 5.98. The van der Waals surface area contributed by atoms with Crippen LogP contribution in [-0.2, 0) is 4.74 Å². The SMILES string of the molecule is COC(=O)c1nc(C2CC[C@@H](C)N(C(=O)c3ccccc3-n3nccn3)C2)oc1C1CC1. The Morgan fingerprint density at radius 1 is 1.06 bits per heavy atom. The lowest BCUT2D eigenvalue weighted by atomic mass is 9.92. The average Bonchev–Trinajstić information content (AvgIpc) is 3.33. The molecule has 0 N–H and O–H groups in total. The molecule has 1 saturated heterocycles. The Balaban J connectivity index is 1.43. The van der Waals surface area contributed by atoms with E-state index in [-0.39, 0.29) is 29.5 Å².